The Morgan fingerprint density at radius 1 is 1.30 bits per heavy atom. The largest absolute Gasteiger partial charge is 0.481 e. The third-order valence-corrected chi connectivity index (χ3v) is 3.72. The van der Waals surface area contributed by atoms with E-state index in [1.165, 1.54) is 7.11 Å². The van der Waals surface area contributed by atoms with Crippen molar-refractivity contribution in [3.8, 4) is 5.88 Å². The first kappa shape index (κ1) is 15.2. The van der Waals surface area contributed by atoms with E-state index >= 15 is 0 Å². The van der Waals surface area contributed by atoms with Crippen LogP contribution in [0.25, 0.3) is 0 Å². The summed E-state index contributed by atoms with van der Waals surface area (Å²) in [5.41, 5.74) is 7.78. The first-order valence-corrected chi connectivity index (χ1v) is 7.37. The van der Waals surface area contributed by atoms with Gasteiger partial charge in [0.05, 0.1) is 31.7 Å². The number of nitrogens with two attached hydrogens (primary N) is 1. The van der Waals surface area contributed by atoms with Crippen LogP contribution in [0.15, 0.2) is 30.5 Å². The van der Waals surface area contributed by atoms with Crippen molar-refractivity contribution in [2.75, 3.05) is 44.0 Å². The fourth-order valence-electron chi connectivity index (χ4n) is 2.44. The van der Waals surface area contributed by atoms with Gasteiger partial charge in [-0.1, -0.05) is 0 Å². The molecule has 0 amide bonds. The second-order valence-electron chi connectivity index (χ2n) is 5.17. The SMILES string of the molecule is COc1ccc(N)c(C(=N)c2ccnc(N3CCOCC3)c2)n1. The molecule has 3 N–H and O–H groups in total. The van der Waals surface area contributed by atoms with Crippen LogP contribution < -0.4 is 15.4 Å². The maximum Gasteiger partial charge on any atom is 0.213 e. The van der Waals surface area contributed by atoms with Crippen LogP contribution in [0.1, 0.15) is 11.3 Å². The normalized spacial score (nSPS) is 14.6. The van der Waals surface area contributed by atoms with Gasteiger partial charge in [-0.25, -0.2) is 9.97 Å². The zero-order chi connectivity index (χ0) is 16.2. The number of hydrogen-bond acceptors (Lipinski definition) is 7. The number of nitrogen functional groups attached to an aromatic ring is 1. The number of aromatic nitrogens is 2. The Bertz CT molecular complexity index is 713. The zero-order valence-electron chi connectivity index (χ0n) is 13.0. The number of nitrogens with zero attached hydrogens (tertiary/aromatic N) is 3. The molecule has 1 saturated heterocycles. The Morgan fingerprint density at radius 3 is 2.83 bits per heavy atom. The third-order valence-electron chi connectivity index (χ3n) is 3.72. The lowest BCUT2D eigenvalue weighted by Gasteiger charge is -2.28. The predicted molar refractivity (Wildman–Crippen MR) is 88.4 cm³/mol. The Labute approximate surface area is 134 Å². The van der Waals surface area contributed by atoms with Crippen LogP contribution in [0.3, 0.4) is 0 Å². The van der Waals surface area contributed by atoms with E-state index in [1.807, 2.05) is 6.07 Å². The summed E-state index contributed by atoms with van der Waals surface area (Å²) >= 11 is 0. The van der Waals surface area contributed by atoms with E-state index in [2.05, 4.69) is 14.9 Å². The smallest absolute Gasteiger partial charge is 0.213 e. The van der Waals surface area contributed by atoms with E-state index in [1.54, 1.807) is 24.4 Å². The van der Waals surface area contributed by atoms with E-state index in [4.69, 9.17) is 20.6 Å². The Hall–Kier alpha value is -2.67. The van der Waals surface area contributed by atoms with Crippen LogP contribution in [0.4, 0.5) is 11.5 Å². The number of pyridine rings is 2. The van der Waals surface area contributed by atoms with Gasteiger partial charge in [-0.15, -0.1) is 0 Å². The third kappa shape index (κ3) is 3.24. The van der Waals surface area contributed by atoms with Gasteiger partial charge >= 0.3 is 0 Å². The van der Waals surface area contributed by atoms with Gasteiger partial charge in [0.1, 0.15) is 11.5 Å². The van der Waals surface area contributed by atoms with E-state index in [0.29, 0.717) is 36.0 Å². The highest BCUT2D eigenvalue weighted by molar-refractivity contribution is 6.12. The summed E-state index contributed by atoms with van der Waals surface area (Å²) < 4.78 is 10.5. The highest BCUT2D eigenvalue weighted by atomic mass is 16.5. The first-order chi connectivity index (χ1) is 11.2. The van der Waals surface area contributed by atoms with Gasteiger partial charge in [0, 0.05) is 30.9 Å². The minimum Gasteiger partial charge on any atom is -0.481 e. The number of nitrogens with one attached hydrogen (secondary N) is 1. The molecule has 7 nitrogen and oxygen atoms in total. The number of methoxy groups -OCH3 is 1. The van der Waals surface area contributed by atoms with Crippen LogP contribution in [0, 0.1) is 5.41 Å². The molecule has 3 rings (SSSR count). The van der Waals surface area contributed by atoms with Gasteiger partial charge in [-0.05, 0) is 18.2 Å². The summed E-state index contributed by atoms with van der Waals surface area (Å²) in [6, 6.07) is 7.04. The monoisotopic (exact) mass is 313 g/mol. The van der Waals surface area contributed by atoms with Crippen molar-refractivity contribution in [2.45, 2.75) is 0 Å². The fourth-order valence-corrected chi connectivity index (χ4v) is 2.44. The molecule has 7 heteroatoms. The fraction of sp³-hybridized carbons (Fsp3) is 0.312. The van der Waals surface area contributed by atoms with Gasteiger partial charge < -0.3 is 20.1 Å². The van der Waals surface area contributed by atoms with Gasteiger partial charge in [-0.3, -0.25) is 5.41 Å². The molecule has 0 atom stereocenters. The van der Waals surface area contributed by atoms with Crippen molar-refractivity contribution in [3.63, 3.8) is 0 Å². The lowest BCUT2D eigenvalue weighted by Crippen LogP contribution is -2.36. The molecule has 0 unspecified atom stereocenters. The zero-order valence-corrected chi connectivity index (χ0v) is 13.0. The number of morpholine rings is 1. The molecule has 0 bridgehead atoms. The molecule has 1 aliphatic rings. The van der Waals surface area contributed by atoms with E-state index in [-0.39, 0.29) is 5.71 Å². The first-order valence-electron chi connectivity index (χ1n) is 7.37. The molecule has 0 saturated carbocycles. The van der Waals surface area contributed by atoms with Gasteiger partial charge in [0.2, 0.25) is 5.88 Å². The van der Waals surface area contributed by atoms with Crippen LogP contribution in [0.2, 0.25) is 0 Å². The van der Waals surface area contributed by atoms with Gasteiger partial charge in [0.25, 0.3) is 0 Å². The summed E-state index contributed by atoms with van der Waals surface area (Å²) in [5.74, 6) is 1.26. The van der Waals surface area contributed by atoms with Gasteiger partial charge in [0.15, 0.2) is 0 Å². The molecule has 0 radical (unpaired) electrons. The molecule has 0 aliphatic carbocycles. The molecular weight excluding hydrogens is 294 g/mol. The summed E-state index contributed by atoms with van der Waals surface area (Å²) in [6.45, 7) is 2.97. The maximum absolute atomic E-state index is 8.42. The molecule has 2 aromatic heterocycles. The highest BCUT2D eigenvalue weighted by Crippen LogP contribution is 2.21. The summed E-state index contributed by atoms with van der Waals surface area (Å²) in [4.78, 5) is 10.8. The Morgan fingerprint density at radius 2 is 2.09 bits per heavy atom. The summed E-state index contributed by atoms with van der Waals surface area (Å²) in [7, 11) is 1.54. The standard InChI is InChI=1S/C16H19N5O2/c1-22-14-3-2-12(17)16(20-14)15(18)11-4-5-19-13(10-11)21-6-8-23-9-7-21/h2-5,10,18H,6-9,17H2,1H3. The summed E-state index contributed by atoms with van der Waals surface area (Å²) in [6.07, 6.45) is 1.70. The van der Waals surface area contributed by atoms with Crippen LogP contribution in [-0.4, -0.2) is 49.1 Å². The molecule has 2 aromatic rings. The molecule has 23 heavy (non-hydrogen) atoms. The number of rotatable bonds is 4. The molecule has 120 valence electrons. The molecular formula is C16H19N5O2. The van der Waals surface area contributed by atoms with E-state index in [9.17, 15) is 0 Å². The van der Waals surface area contributed by atoms with Gasteiger partial charge in [-0.2, -0.15) is 0 Å². The maximum atomic E-state index is 8.42. The molecule has 0 spiro atoms. The number of anilines is 2. The summed E-state index contributed by atoms with van der Waals surface area (Å²) in [5, 5.41) is 8.42. The quantitative estimate of drug-likeness (QED) is 0.826. The number of ether oxygens (including phenoxy) is 2. The highest BCUT2D eigenvalue weighted by Gasteiger charge is 2.16. The second-order valence-corrected chi connectivity index (χ2v) is 5.17. The molecule has 1 fully saturated rings. The minimum absolute atomic E-state index is 0.248. The van der Waals surface area contributed by atoms with E-state index < -0.39 is 0 Å². The van der Waals surface area contributed by atoms with Crippen molar-refractivity contribution in [3.05, 3.63) is 41.7 Å². The Balaban J connectivity index is 1.90. The lowest BCUT2D eigenvalue weighted by atomic mass is 10.1. The van der Waals surface area contributed by atoms with Crippen molar-refractivity contribution < 1.29 is 9.47 Å². The Kier molecular flexibility index (Phi) is 4.38. The van der Waals surface area contributed by atoms with Crippen LogP contribution in [0.5, 0.6) is 5.88 Å². The average Bonchev–Trinajstić information content (AvgIpc) is 2.62. The topological polar surface area (TPSA) is 97.4 Å². The molecule has 3 heterocycles. The number of hydrogen-bond donors (Lipinski definition) is 2. The van der Waals surface area contributed by atoms with Crippen molar-refractivity contribution in [1.29, 1.82) is 5.41 Å². The van der Waals surface area contributed by atoms with Crippen LogP contribution in [-0.2, 0) is 4.74 Å². The molecule has 0 aromatic carbocycles. The predicted octanol–water partition coefficient (Wildman–Crippen LogP) is 1.32. The van der Waals surface area contributed by atoms with Crippen molar-refractivity contribution in [1.82, 2.24) is 9.97 Å². The lowest BCUT2D eigenvalue weighted by molar-refractivity contribution is 0.122. The van der Waals surface area contributed by atoms with E-state index in [0.717, 1.165) is 18.9 Å². The van der Waals surface area contributed by atoms with Crippen LogP contribution >= 0.6 is 0 Å². The van der Waals surface area contributed by atoms with Crippen molar-refractivity contribution in [2.24, 2.45) is 0 Å². The minimum atomic E-state index is 0.248. The second kappa shape index (κ2) is 6.62. The molecule has 1 aliphatic heterocycles. The average molecular weight is 313 g/mol. The van der Waals surface area contributed by atoms with Crippen molar-refractivity contribution >= 4 is 17.2 Å².